The highest BCUT2D eigenvalue weighted by Crippen LogP contribution is 2.26. The monoisotopic (exact) mass is 284 g/mol. The SMILES string of the molecule is CCCc1nc2ccc(NS(=O)(=O)CC)cc2s1. The zero-order valence-corrected chi connectivity index (χ0v) is 12.1. The molecule has 0 saturated carbocycles. The first-order valence-electron chi connectivity index (χ1n) is 5.94. The van der Waals surface area contributed by atoms with E-state index in [1.807, 2.05) is 12.1 Å². The topological polar surface area (TPSA) is 59.1 Å². The number of hydrogen-bond donors (Lipinski definition) is 1. The van der Waals surface area contributed by atoms with E-state index < -0.39 is 10.0 Å². The Balaban J connectivity index is 2.32. The maximum absolute atomic E-state index is 11.5. The summed E-state index contributed by atoms with van der Waals surface area (Å²) in [6.07, 6.45) is 2.03. The number of aryl methyl sites for hydroxylation is 1. The number of fused-ring (bicyclic) bond motifs is 1. The fourth-order valence-electron chi connectivity index (χ4n) is 1.61. The van der Waals surface area contributed by atoms with Crippen LogP contribution >= 0.6 is 11.3 Å². The number of rotatable bonds is 5. The molecule has 0 spiro atoms. The minimum atomic E-state index is -3.21. The normalized spacial score (nSPS) is 11.9. The number of hydrogen-bond acceptors (Lipinski definition) is 4. The molecule has 0 unspecified atom stereocenters. The van der Waals surface area contributed by atoms with Crippen molar-refractivity contribution in [3.8, 4) is 0 Å². The molecule has 1 N–H and O–H groups in total. The third kappa shape index (κ3) is 3.00. The van der Waals surface area contributed by atoms with Crippen LogP contribution in [-0.4, -0.2) is 19.2 Å². The number of sulfonamides is 1. The molecular formula is C12H16N2O2S2. The molecule has 1 heterocycles. The van der Waals surface area contributed by atoms with Crippen molar-refractivity contribution in [2.24, 2.45) is 0 Å². The van der Waals surface area contributed by atoms with Crippen LogP contribution in [0.4, 0.5) is 5.69 Å². The quantitative estimate of drug-likeness (QED) is 0.918. The Bertz CT molecular complexity index is 647. The lowest BCUT2D eigenvalue weighted by molar-refractivity contribution is 0.602. The van der Waals surface area contributed by atoms with E-state index in [1.165, 1.54) is 0 Å². The molecule has 4 nitrogen and oxygen atoms in total. The summed E-state index contributed by atoms with van der Waals surface area (Å²) in [5.74, 6) is 0.0782. The standard InChI is InChI=1S/C12H16N2O2S2/c1-3-5-12-13-10-7-6-9(8-11(10)17-12)14-18(15,16)4-2/h6-8,14H,3-5H2,1-2H3. The van der Waals surface area contributed by atoms with Gasteiger partial charge in [-0.25, -0.2) is 13.4 Å². The second kappa shape index (κ2) is 5.24. The Kier molecular flexibility index (Phi) is 3.87. The van der Waals surface area contributed by atoms with Crippen molar-refractivity contribution in [1.29, 1.82) is 0 Å². The molecule has 98 valence electrons. The van der Waals surface area contributed by atoms with Crippen LogP contribution in [0.25, 0.3) is 10.2 Å². The van der Waals surface area contributed by atoms with E-state index in [-0.39, 0.29) is 5.75 Å². The Morgan fingerprint density at radius 1 is 1.33 bits per heavy atom. The van der Waals surface area contributed by atoms with E-state index in [0.717, 1.165) is 28.1 Å². The smallest absolute Gasteiger partial charge is 0.232 e. The Morgan fingerprint density at radius 3 is 2.78 bits per heavy atom. The first kappa shape index (κ1) is 13.3. The summed E-state index contributed by atoms with van der Waals surface area (Å²) in [7, 11) is -3.21. The summed E-state index contributed by atoms with van der Waals surface area (Å²) in [5, 5.41) is 1.10. The van der Waals surface area contributed by atoms with E-state index in [0.29, 0.717) is 5.69 Å². The van der Waals surface area contributed by atoms with Gasteiger partial charge in [-0.2, -0.15) is 0 Å². The highest BCUT2D eigenvalue weighted by Gasteiger charge is 2.09. The molecule has 6 heteroatoms. The second-order valence-corrected chi connectivity index (χ2v) is 7.17. The van der Waals surface area contributed by atoms with Gasteiger partial charge in [-0.15, -0.1) is 11.3 Å². The zero-order chi connectivity index (χ0) is 13.2. The van der Waals surface area contributed by atoms with E-state index in [2.05, 4.69) is 16.6 Å². The average Bonchev–Trinajstić information content (AvgIpc) is 2.70. The maximum Gasteiger partial charge on any atom is 0.232 e. The molecule has 2 aromatic rings. The number of nitrogens with one attached hydrogen (secondary N) is 1. The number of nitrogens with zero attached hydrogens (tertiary/aromatic N) is 1. The lowest BCUT2D eigenvalue weighted by Gasteiger charge is -2.04. The van der Waals surface area contributed by atoms with Gasteiger partial charge in [0.15, 0.2) is 0 Å². The van der Waals surface area contributed by atoms with E-state index in [4.69, 9.17) is 0 Å². The molecule has 1 aromatic carbocycles. The predicted molar refractivity (Wildman–Crippen MR) is 76.7 cm³/mol. The third-order valence-corrected chi connectivity index (χ3v) is 4.93. The summed E-state index contributed by atoms with van der Waals surface area (Å²) >= 11 is 1.62. The van der Waals surface area contributed by atoms with E-state index >= 15 is 0 Å². The Morgan fingerprint density at radius 2 is 2.11 bits per heavy atom. The van der Waals surface area contributed by atoms with Crippen LogP contribution in [0.2, 0.25) is 0 Å². The predicted octanol–water partition coefficient (Wildman–Crippen LogP) is 3.01. The summed E-state index contributed by atoms with van der Waals surface area (Å²) in [6.45, 7) is 3.74. The minimum absolute atomic E-state index is 0.0782. The van der Waals surface area contributed by atoms with Gasteiger partial charge in [0.25, 0.3) is 0 Å². The molecule has 0 amide bonds. The molecule has 0 radical (unpaired) electrons. The second-order valence-electron chi connectivity index (χ2n) is 4.05. The molecule has 18 heavy (non-hydrogen) atoms. The third-order valence-electron chi connectivity index (χ3n) is 2.55. The van der Waals surface area contributed by atoms with Crippen LogP contribution in [-0.2, 0) is 16.4 Å². The molecule has 0 aliphatic carbocycles. The van der Waals surface area contributed by atoms with Crippen molar-refractivity contribution in [3.05, 3.63) is 23.2 Å². The number of benzene rings is 1. The van der Waals surface area contributed by atoms with Crippen LogP contribution in [0.15, 0.2) is 18.2 Å². The zero-order valence-electron chi connectivity index (χ0n) is 10.4. The summed E-state index contributed by atoms with van der Waals surface area (Å²) in [5.41, 5.74) is 1.54. The first-order chi connectivity index (χ1) is 8.54. The van der Waals surface area contributed by atoms with Crippen LogP contribution < -0.4 is 4.72 Å². The minimum Gasteiger partial charge on any atom is -0.284 e. The van der Waals surface area contributed by atoms with Gasteiger partial charge >= 0.3 is 0 Å². The van der Waals surface area contributed by atoms with Gasteiger partial charge in [-0.3, -0.25) is 4.72 Å². The van der Waals surface area contributed by atoms with Gasteiger partial charge in [0.2, 0.25) is 10.0 Å². The Labute approximate surface area is 111 Å². The van der Waals surface area contributed by atoms with Crippen LogP contribution in [0, 0.1) is 0 Å². The van der Waals surface area contributed by atoms with Gasteiger partial charge in [-0.1, -0.05) is 6.92 Å². The number of aromatic nitrogens is 1. The van der Waals surface area contributed by atoms with Gasteiger partial charge in [-0.05, 0) is 38.0 Å². The summed E-state index contributed by atoms with van der Waals surface area (Å²) < 4.78 is 26.6. The fourth-order valence-corrected chi connectivity index (χ4v) is 3.35. The largest absolute Gasteiger partial charge is 0.284 e. The van der Waals surface area contributed by atoms with Crippen LogP contribution in [0.5, 0.6) is 0 Å². The molecule has 0 aliphatic rings. The van der Waals surface area contributed by atoms with Crippen molar-refractivity contribution in [2.75, 3.05) is 10.5 Å². The van der Waals surface area contributed by atoms with Crippen LogP contribution in [0.3, 0.4) is 0 Å². The lowest BCUT2D eigenvalue weighted by Crippen LogP contribution is -2.14. The highest BCUT2D eigenvalue weighted by molar-refractivity contribution is 7.92. The number of anilines is 1. The van der Waals surface area contributed by atoms with Crippen molar-refractivity contribution < 1.29 is 8.42 Å². The molecule has 2 rings (SSSR count). The average molecular weight is 284 g/mol. The number of thiazole rings is 1. The van der Waals surface area contributed by atoms with Gasteiger partial charge in [0, 0.05) is 0 Å². The molecule has 0 atom stereocenters. The Hall–Kier alpha value is -1.14. The molecular weight excluding hydrogens is 268 g/mol. The van der Waals surface area contributed by atoms with Gasteiger partial charge in [0.05, 0.1) is 26.7 Å². The maximum atomic E-state index is 11.5. The van der Waals surface area contributed by atoms with Crippen molar-refractivity contribution in [3.63, 3.8) is 0 Å². The van der Waals surface area contributed by atoms with Crippen molar-refractivity contribution >= 4 is 37.3 Å². The fraction of sp³-hybridized carbons (Fsp3) is 0.417. The van der Waals surface area contributed by atoms with E-state index in [1.54, 1.807) is 24.3 Å². The van der Waals surface area contributed by atoms with Gasteiger partial charge < -0.3 is 0 Å². The van der Waals surface area contributed by atoms with Gasteiger partial charge in [0.1, 0.15) is 0 Å². The molecule has 0 saturated heterocycles. The van der Waals surface area contributed by atoms with Crippen molar-refractivity contribution in [2.45, 2.75) is 26.7 Å². The molecule has 0 bridgehead atoms. The highest BCUT2D eigenvalue weighted by atomic mass is 32.2. The molecule has 0 fully saturated rings. The summed E-state index contributed by atoms with van der Waals surface area (Å²) in [6, 6.07) is 5.46. The van der Waals surface area contributed by atoms with Crippen LogP contribution in [0.1, 0.15) is 25.3 Å². The summed E-state index contributed by atoms with van der Waals surface area (Å²) in [4.78, 5) is 4.50. The first-order valence-corrected chi connectivity index (χ1v) is 8.41. The van der Waals surface area contributed by atoms with E-state index in [9.17, 15) is 8.42 Å². The lowest BCUT2D eigenvalue weighted by atomic mass is 10.3. The van der Waals surface area contributed by atoms with Crippen molar-refractivity contribution in [1.82, 2.24) is 4.98 Å². The molecule has 1 aromatic heterocycles. The molecule has 0 aliphatic heterocycles.